The van der Waals surface area contributed by atoms with E-state index in [1.165, 1.54) is 0 Å². The highest BCUT2D eigenvalue weighted by molar-refractivity contribution is 9.08. The number of alkyl halides is 1. The van der Waals surface area contributed by atoms with E-state index in [9.17, 15) is 0 Å². The van der Waals surface area contributed by atoms with Gasteiger partial charge in [0, 0.05) is 12.6 Å². The number of halogens is 2. The normalized spacial score (nSPS) is 10.6. The molecule has 0 unspecified atom stereocenters. The smallest absolute Gasteiger partial charge is 0.165 e. The first-order chi connectivity index (χ1) is 7.24. The van der Waals surface area contributed by atoms with Crippen molar-refractivity contribution < 1.29 is 0 Å². The van der Waals surface area contributed by atoms with Crippen molar-refractivity contribution in [3.8, 4) is 11.4 Å². The Morgan fingerprint density at radius 1 is 1.33 bits per heavy atom. The van der Waals surface area contributed by atoms with Gasteiger partial charge in [-0.25, -0.2) is 0 Å². The highest BCUT2D eigenvalue weighted by atomic mass is 79.9. The van der Waals surface area contributed by atoms with Gasteiger partial charge in [0.15, 0.2) is 5.82 Å². The molecule has 1 heterocycles. The Morgan fingerprint density at radius 3 is 2.67 bits per heavy atom. The van der Waals surface area contributed by atoms with Gasteiger partial charge >= 0.3 is 0 Å². The maximum atomic E-state index is 6.09. The lowest BCUT2D eigenvalue weighted by molar-refractivity contribution is 0.859. The fourth-order valence-corrected chi connectivity index (χ4v) is 2.06. The molecular weight excluding hydrogens is 277 g/mol. The molecule has 5 heteroatoms. The Kier molecular flexibility index (Phi) is 3.07. The summed E-state index contributed by atoms with van der Waals surface area (Å²) >= 11 is 9.45. The van der Waals surface area contributed by atoms with Crippen LogP contribution in [0.3, 0.4) is 0 Å². The second kappa shape index (κ2) is 4.33. The number of rotatable bonds is 2. The van der Waals surface area contributed by atoms with Crippen LogP contribution < -0.4 is 0 Å². The minimum absolute atomic E-state index is 0.682. The van der Waals surface area contributed by atoms with E-state index in [0.717, 1.165) is 17.2 Å². The topological polar surface area (TPSA) is 30.7 Å². The van der Waals surface area contributed by atoms with E-state index in [-0.39, 0.29) is 0 Å². The van der Waals surface area contributed by atoms with Gasteiger partial charge in [-0.3, -0.25) is 0 Å². The van der Waals surface area contributed by atoms with E-state index in [4.69, 9.17) is 11.6 Å². The van der Waals surface area contributed by atoms with Gasteiger partial charge in [-0.1, -0.05) is 39.7 Å². The molecule has 3 nitrogen and oxygen atoms in total. The molecule has 1 aromatic heterocycles. The van der Waals surface area contributed by atoms with Crippen LogP contribution >= 0.6 is 27.5 Å². The molecule has 15 heavy (non-hydrogen) atoms. The van der Waals surface area contributed by atoms with Crippen molar-refractivity contribution in [2.75, 3.05) is 0 Å². The van der Waals surface area contributed by atoms with Gasteiger partial charge in [-0.15, -0.1) is 10.2 Å². The maximum Gasteiger partial charge on any atom is 0.165 e. The zero-order chi connectivity index (χ0) is 10.8. The van der Waals surface area contributed by atoms with Crippen LogP contribution in [-0.2, 0) is 12.4 Å². The number of benzene rings is 1. The molecule has 0 bridgehead atoms. The summed E-state index contributed by atoms with van der Waals surface area (Å²) in [5.41, 5.74) is 0.904. The lowest BCUT2D eigenvalue weighted by Crippen LogP contribution is -1.97. The van der Waals surface area contributed by atoms with Gasteiger partial charge in [-0.05, 0) is 12.1 Å². The average molecular weight is 287 g/mol. The molecule has 0 saturated heterocycles. The molecule has 0 radical (unpaired) electrons. The molecule has 0 spiro atoms. The number of nitrogens with zero attached hydrogens (tertiary/aromatic N) is 3. The molecule has 0 saturated carbocycles. The van der Waals surface area contributed by atoms with Gasteiger partial charge < -0.3 is 4.57 Å². The molecule has 2 rings (SSSR count). The van der Waals surface area contributed by atoms with Crippen LogP contribution in [-0.4, -0.2) is 14.8 Å². The van der Waals surface area contributed by atoms with Gasteiger partial charge in [0.05, 0.1) is 10.4 Å². The number of hydrogen-bond acceptors (Lipinski definition) is 2. The van der Waals surface area contributed by atoms with Crippen LogP contribution in [0.5, 0.6) is 0 Å². The minimum atomic E-state index is 0.682. The largest absolute Gasteiger partial charge is 0.313 e. The summed E-state index contributed by atoms with van der Waals surface area (Å²) in [5.74, 6) is 1.67. The molecule has 0 atom stereocenters. The molecule has 0 aliphatic carbocycles. The van der Waals surface area contributed by atoms with E-state index in [2.05, 4.69) is 26.1 Å². The fourth-order valence-electron chi connectivity index (χ4n) is 1.35. The van der Waals surface area contributed by atoms with Gasteiger partial charge in [0.1, 0.15) is 5.82 Å². The Labute approximate surface area is 101 Å². The lowest BCUT2D eigenvalue weighted by Gasteiger charge is -2.03. The Morgan fingerprint density at radius 2 is 2.07 bits per heavy atom. The highest BCUT2D eigenvalue weighted by Gasteiger charge is 2.11. The van der Waals surface area contributed by atoms with E-state index in [1.54, 1.807) is 0 Å². The Balaban J connectivity index is 2.55. The lowest BCUT2D eigenvalue weighted by atomic mass is 10.2. The van der Waals surface area contributed by atoms with E-state index < -0.39 is 0 Å². The zero-order valence-corrected chi connectivity index (χ0v) is 10.5. The van der Waals surface area contributed by atoms with Crippen molar-refractivity contribution in [1.29, 1.82) is 0 Å². The first kappa shape index (κ1) is 10.6. The second-order valence-electron chi connectivity index (χ2n) is 3.11. The van der Waals surface area contributed by atoms with E-state index in [0.29, 0.717) is 10.4 Å². The predicted molar refractivity (Wildman–Crippen MR) is 64.1 cm³/mol. The summed E-state index contributed by atoms with van der Waals surface area (Å²) < 4.78 is 1.93. The van der Waals surface area contributed by atoms with Crippen LogP contribution in [0.25, 0.3) is 11.4 Å². The third kappa shape index (κ3) is 1.92. The molecule has 0 N–H and O–H groups in total. The molecule has 0 amide bonds. The number of hydrogen-bond donors (Lipinski definition) is 0. The molecule has 78 valence electrons. The van der Waals surface area contributed by atoms with E-state index >= 15 is 0 Å². The third-order valence-electron chi connectivity index (χ3n) is 2.20. The fraction of sp³-hybridized carbons (Fsp3) is 0.200. The van der Waals surface area contributed by atoms with Crippen molar-refractivity contribution in [2.24, 2.45) is 7.05 Å². The van der Waals surface area contributed by atoms with E-state index in [1.807, 2.05) is 35.9 Å². The molecule has 0 aliphatic heterocycles. The highest BCUT2D eigenvalue weighted by Crippen LogP contribution is 2.26. The quantitative estimate of drug-likeness (QED) is 0.795. The molecule has 2 aromatic rings. The standard InChI is InChI=1S/C10H9BrClN3/c1-15-9(6-11)13-14-10(15)7-4-2-3-5-8(7)12/h2-5H,6H2,1H3. The average Bonchev–Trinajstić information content (AvgIpc) is 2.60. The minimum Gasteiger partial charge on any atom is -0.313 e. The summed E-state index contributed by atoms with van der Waals surface area (Å²) in [7, 11) is 1.93. The van der Waals surface area contributed by atoms with Crippen molar-refractivity contribution in [3.05, 3.63) is 35.1 Å². The van der Waals surface area contributed by atoms with Crippen LogP contribution in [0.2, 0.25) is 5.02 Å². The SMILES string of the molecule is Cn1c(CBr)nnc1-c1ccccc1Cl. The molecule has 1 aromatic carbocycles. The van der Waals surface area contributed by atoms with Crippen molar-refractivity contribution in [1.82, 2.24) is 14.8 Å². The molecule has 0 aliphatic rings. The van der Waals surface area contributed by atoms with Crippen LogP contribution in [0, 0.1) is 0 Å². The van der Waals surface area contributed by atoms with Gasteiger partial charge in [0.25, 0.3) is 0 Å². The van der Waals surface area contributed by atoms with Gasteiger partial charge in [0.2, 0.25) is 0 Å². The summed E-state index contributed by atoms with van der Waals surface area (Å²) in [6, 6.07) is 7.61. The zero-order valence-electron chi connectivity index (χ0n) is 8.11. The number of aromatic nitrogens is 3. The second-order valence-corrected chi connectivity index (χ2v) is 4.08. The van der Waals surface area contributed by atoms with Crippen LogP contribution in [0.1, 0.15) is 5.82 Å². The first-order valence-electron chi connectivity index (χ1n) is 4.43. The molecular formula is C10H9BrClN3. The third-order valence-corrected chi connectivity index (χ3v) is 3.03. The Hall–Kier alpha value is -0.870. The monoisotopic (exact) mass is 285 g/mol. The summed E-state index contributed by atoms with van der Waals surface area (Å²) in [5, 5.41) is 9.55. The maximum absolute atomic E-state index is 6.09. The first-order valence-corrected chi connectivity index (χ1v) is 5.93. The molecule has 0 fully saturated rings. The Bertz CT molecular complexity index is 481. The van der Waals surface area contributed by atoms with Crippen LogP contribution in [0.15, 0.2) is 24.3 Å². The summed E-state index contributed by atoms with van der Waals surface area (Å²) in [6.07, 6.45) is 0. The summed E-state index contributed by atoms with van der Waals surface area (Å²) in [4.78, 5) is 0. The summed E-state index contributed by atoms with van der Waals surface area (Å²) in [6.45, 7) is 0. The van der Waals surface area contributed by atoms with Crippen molar-refractivity contribution >= 4 is 27.5 Å². The predicted octanol–water partition coefficient (Wildman–Crippen LogP) is 3.03. The van der Waals surface area contributed by atoms with Crippen molar-refractivity contribution in [2.45, 2.75) is 5.33 Å². The van der Waals surface area contributed by atoms with Gasteiger partial charge in [-0.2, -0.15) is 0 Å². The van der Waals surface area contributed by atoms with Crippen molar-refractivity contribution in [3.63, 3.8) is 0 Å². The van der Waals surface area contributed by atoms with Crippen LogP contribution in [0.4, 0.5) is 0 Å².